The van der Waals surface area contributed by atoms with Crippen LogP contribution in [0.25, 0.3) is 0 Å². The molecule has 8 rings (SSSR count). The summed E-state index contributed by atoms with van der Waals surface area (Å²) >= 11 is 0. The average molecular weight is 955 g/mol. The van der Waals surface area contributed by atoms with Crippen molar-refractivity contribution < 1.29 is 88.7 Å². The molecule has 8 aliphatic rings. The zero-order chi connectivity index (χ0) is 49.0. The molecule has 18 nitrogen and oxygen atoms in total. The van der Waals surface area contributed by atoms with Gasteiger partial charge in [0.05, 0.1) is 30.8 Å². The Kier molecular flexibility index (Phi) is 14.1. The lowest BCUT2D eigenvalue weighted by molar-refractivity contribution is -0.380. The van der Waals surface area contributed by atoms with Crippen LogP contribution in [0.1, 0.15) is 120 Å². The first-order chi connectivity index (χ1) is 31.3. The lowest BCUT2D eigenvalue weighted by Crippen LogP contribution is -2.66. The number of esters is 1. The van der Waals surface area contributed by atoms with Gasteiger partial charge < -0.3 is 79.1 Å². The number of rotatable bonds is 10. The summed E-state index contributed by atoms with van der Waals surface area (Å²) in [6, 6.07) is 0. The van der Waals surface area contributed by atoms with E-state index in [0.717, 1.165) is 44.9 Å². The predicted octanol–water partition coefficient (Wildman–Crippen LogP) is 1.92. The first-order valence-corrected chi connectivity index (χ1v) is 24.6. The lowest BCUT2D eigenvalue weighted by atomic mass is 9.33. The Morgan fingerprint density at radius 2 is 1.37 bits per heavy atom. The van der Waals surface area contributed by atoms with Gasteiger partial charge in [-0.2, -0.15) is 0 Å². The molecule has 0 aromatic rings. The van der Waals surface area contributed by atoms with Crippen molar-refractivity contribution in [3.8, 4) is 0 Å². The number of aliphatic hydroxyl groups is 8. The molecule has 5 aliphatic carbocycles. The molecule has 3 heterocycles. The average Bonchev–Trinajstić information content (AvgIpc) is 3.26. The zero-order valence-corrected chi connectivity index (χ0v) is 40.4. The van der Waals surface area contributed by atoms with E-state index < -0.39 is 122 Å². The first kappa shape index (κ1) is 51.5. The second-order valence-electron chi connectivity index (χ2n) is 23.7. The molecule has 3 saturated heterocycles. The zero-order valence-electron chi connectivity index (χ0n) is 40.4. The van der Waals surface area contributed by atoms with Gasteiger partial charge in [0.25, 0.3) is 0 Å². The third-order valence-electron chi connectivity index (χ3n) is 19.3. The summed E-state index contributed by atoms with van der Waals surface area (Å²) in [5, 5.41) is 94.8. The van der Waals surface area contributed by atoms with Crippen LogP contribution in [0.2, 0.25) is 0 Å². The number of hydrogen-bond acceptors (Lipinski definition) is 17. The van der Waals surface area contributed by atoms with Gasteiger partial charge >= 0.3 is 11.9 Å². The van der Waals surface area contributed by atoms with E-state index in [2.05, 4.69) is 54.5 Å². The maximum absolute atomic E-state index is 14.0. The highest BCUT2D eigenvalue weighted by Crippen LogP contribution is 2.76. The molecule has 0 unspecified atom stereocenters. The van der Waals surface area contributed by atoms with Crippen molar-refractivity contribution in [1.82, 2.24) is 0 Å². The molecule has 67 heavy (non-hydrogen) atoms. The number of aliphatic carboxylic acids is 1. The van der Waals surface area contributed by atoms with Gasteiger partial charge in [0, 0.05) is 0 Å². The number of carboxylic acid groups (broad SMARTS) is 1. The number of hydrogen-bond donors (Lipinski definition) is 9. The van der Waals surface area contributed by atoms with Gasteiger partial charge in [0.2, 0.25) is 0 Å². The molecule has 0 radical (unpaired) electrons. The molecule has 0 bridgehead atoms. The summed E-state index contributed by atoms with van der Waals surface area (Å²) in [6.07, 6.45) is -10.8. The smallest absolute Gasteiger partial charge is 0.341 e. The van der Waals surface area contributed by atoms with Gasteiger partial charge in [-0.1, -0.05) is 60.1 Å². The Labute approximate surface area is 393 Å². The lowest BCUT2D eigenvalue weighted by Gasteiger charge is -2.71. The highest BCUT2D eigenvalue weighted by atomic mass is 16.8. The van der Waals surface area contributed by atoms with Crippen LogP contribution in [-0.4, -0.2) is 170 Å². The molecule has 382 valence electrons. The molecule has 0 amide bonds. The van der Waals surface area contributed by atoms with E-state index in [1.807, 2.05) is 0 Å². The summed E-state index contributed by atoms with van der Waals surface area (Å²) in [5.41, 5.74) is -0.271. The van der Waals surface area contributed by atoms with Crippen LogP contribution in [0.5, 0.6) is 0 Å². The fraction of sp³-hybridized carbons (Fsp3) is 0.918. The van der Waals surface area contributed by atoms with Crippen LogP contribution >= 0.6 is 0 Å². The second kappa shape index (κ2) is 18.3. The molecule has 7 fully saturated rings. The minimum atomic E-state index is -1.76. The molecule has 4 saturated carbocycles. The Bertz CT molecular complexity index is 1860. The highest BCUT2D eigenvalue weighted by Gasteiger charge is 2.70. The Balaban J connectivity index is 1.04. The maximum atomic E-state index is 14.0. The van der Waals surface area contributed by atoms with Crippen LogP contribution in [0.3, 0.4) is 0 Å². The van der Waals surface area contributed by atoms with Gasteiger partial charge in [-0.15, -0.1) is 0 Å². The summed E-state index contributed by atoms with van der Waals surface area (Å²) in [7, 11) is 0. The topological polar surface area (TPSA) is 281 Å². The van der Waals surface area contributed by atoms with Crippen molar-refractivity contribution in [2.45, 2.75) is 212 Å². The summed E-state index contributed by atoms with van der Waals surface area (Å²) < 4.78 is 42.3. The summed E-state index contributed by atoms with van der Waals surface area (Å²) in [4.78, 5) is 25.5. The molecule has 0 spiro atoms. The monoisotopic (exact) mass is 955 g/mol. The van der Waals surface area contributed by atoms with E-state index in [-0.39, 0.29) is 46.1 Å². The fourth-order valence-corrected chi connectivity index (χ4v) is 15.0. The van der Waals surface area contributed by atoms with Crippen LogP contribution < -0.4 is 0 Å². The molecular formula is C49H78O18. The van der Waals surface area contributed by atoms with Crippen LogP contribution in [0, 0.1) is 50.2 Å². The Hall–Kier alpha value is -1.88. The number of fused-ring (bicyclic) bond motifs is 7. The van der Waals surface area contributed by atoms with Crippen molar-refractivity contribution in [2.24, 2.45) is 50.2 Å². The van der Waals surface area contributed by atoms with E-state index in [1.54, 1.807) is 0 Å². The molecule has 18 heteroatoms. The predicted molar refractivity (Wildman–Crippen MR) is 234 cm³/mol. The number of allylic oxidation sites excluding steroid dienone is 2. The third kappa shape index (κ3) is 8.45. The van der Waals surface area contributed by atoms with Crippen molar-refractivity contribution in [3.63, 3.8) is 0 Å². The second-order valence-corrected chi connectivity index (χ2v) is 23.7. The number of ether oxygens (including phenoxy) is 7. The summed E-state index contributed by atoms with van der Waals surface area (Å²) in [5.74, 6) is -1.09. The minimum absolute atomic E-state index is 0.00984. The van der Waals surface area contributed by atoms with Crippen molar-refractivity contribution in [1.29, 1.82) is 0 Å². The van der Waals surface area contributed by atoms with Gasteiger partial charge in [-0.3, -0.25) is 4.79 Å². The summed E-state index contributed by atoms with van der Waals surface area (Å²) in [6.45, 7) is 16.1. The number of carbonyl (C=O) groups excluding carboxylic acids is 1. The van der Waals surface area contributed by atoms with E-state index in [1.165, 1.54) is 12.5 Å². The normalized spacial score (nSPS) is 51.5. The van der Waals surface area contributed by atoms with Crippen molar-refractivity contribution in [2.75, 3.05) is 19.8 Å². The molecule has 3 aliphatic heterocycles. The highest BCUT2D eigenvalue weighted by molar-refractivity contribution is 5.81. The fourth-order valence-electron chi connectivity index (χ4n) is 15.0. The quantitative estimate of drug-likeness (QED) is 0.0859. The van der Waals surface area contributed by atoms with Crippen LogP contribution in [0.15, 0.2) is 11.6 Å². The van der Waals surface area contributed by atoms with Gasteiger partial charge in [0.15, 0.2) is 25.5 Å². The van der Waals surface area contributed by atoms with E-state index in [0.29, 0.717) is 25.2 Å². The Morgan fingerprint density at radius 3 is 2.04 bits per heavy atom. The van der Waals surface area contributed by atoms with Gasteiger partial charge in [-0.25, -0.2) is 4.79 Å². The molecular weight excluding hydrogens is 877 g/mol. The van der Waals surface area contributed by atoms with Gasteiger partial charge in [0.1, 0.15) is 61.0 Å². The maximum Gasteiger partial charge on any atom is 0.341 e. The minimum Gasteiger partial charge on any atom is -0.479 e. The number of aliphatic hydroxyl groups excluding tert-OH is 8. The van der Waals surface area contributed by atoms with Crippen LogP contribution in [0.4, 0.5) is 0 Å². The van der Waals surface area contributed by atoms with Crippen molar-refractivity contribution in [3.05, 3.63) is 11.6 Å². The largest absolute Gasteiger partial charge is 0.479 e. The molecule has 9 N–H and O–H groups in total. The molecule has 22 atom stereocenters. The molecule has 0 aromatic heterocycles. The number of carboxylic acids is 1. The SMILES string of the molecule is C[C@@H]1O[C@@H](O[C@H]2[C@H](O[C@H]3CC[C@]4(C)[C@H]5CC=C6[C@@H]7CC(C)(C)CC[C@]7(C(=O)OCC(=O)O)CC[C@@]6(C)[C@]5(C)CC[C@H]4C3(C)C)OC[C@H](O[C@@H]3O[C@H](CO)[C@@H](O)[C@H](O)[C@H]3O)[C@@H]2O)[C@H](O)[C@H](O)[C@H]1O. The van der Waals surface area contributed by atoms with E-state index in [4.69, 9.17) is 33.2 Å². The first-order valence-electron chi connectivity index (χ1n) is 24.6. The molecule has 0 aromatic carbocycles. The standard InChI is InChI=1S/C49H78O18/c1-23-32(53)35(56)37(58)40(63-23)67-39-34(55)27(65-41-38(59)36(57)33(54)26(20-50)64-41)21-61-42(39)66-30-12-13-46(6)28(45(30,4)5)11-14-48(8)29(46)10-9-24-25-19-44(2,3)15-17-49(25,18-16-47(24,48)7)43(60)62-22-31(51)52/h9,23,25-30,32-42,50,53-59H,10-22H2,1-8H3,(H,51,52)/t23-,25-,26+,27-,28-,29+,30-,32-,33+,34-,35+,36-,37+,38+,39+,40-,41-,42-,46-,47+,48+,49-/m0/s1. The van der Waals surface area contributed by atoms with Gasteiger partial charge in [-0.05, 0) is 116 Å². The van der Waals surface area contributed by atoms with E-state index in [9.17, 15) is 55.5 Å². The van der Waals surface area contributed by atoms with E-state index >= 15 is 0 Å². The number of carbonyl (C=O) groups is 2. The third-order valence-corrected chi connectivity index (χ3v) is 19.3. The van der Waals surface area contributed by atoms with Crippen molar-refractivity contribution >= 4 is 11.9 Å². The van der Waals surface area contributed by atoms with Crippen LogP contribution in [-0.2, 0) is 42.7 Å². The Morgan fingerprint density at radius 1 is 0.716 bits per heavy atom.